The standard InChI is InChI=1S/C5H12N.C3H8N.2CH3.Sn/c1-4-6-5(2)3;1-3-4-2;;;/h5H,4H2,1-3H3;3H2,1-2H3;2*1H3;/q2*-1;;;+2. The number of rotatable bonds is 5. The van der Waals surface area contributed by atoms with Crippen LogP contribution in [0, 0.1) is 0 Å². The normalized spacial score (nSPS) is 13.4. The van der Waals surface area contributed by atoms with Crippen molar-refractivity contribution in [3.63, 3.8) is 0 Å². The van der Waals surface area contributed by atoms with Crippen molar-refractivity contribution >= 4 is 18.9 Å². The molecule has 3 heteroatoms. The van der Waals surface area contributed by atoms with Crippen molar-refractivity contribution in [2.75, 3.05) is 20.1 Å². The third-order valence-corrected chi connectivity index (χ3v) is 15.7. The summed E-state index contributed by atoms with van der Waals surface area (Å²) in [6.45, 7) is 11.5. The maximum atomic E-state index is 2.72. The zero-order valence-electron chi connectivity index (χ0n) is 10.4. The van der Waals surface area contributed by atoms with Gasteiger partial charge in [0, 0.05) is 0 Å². The van der Waals surface area contributed by atoms with E-state index in [1.807, 2.05) is 0 Å². The molecule has 0 atom stereocenters. The molecule has 0 N–H and O–H groups in total. The first-order chi connectivity index (χ1) is 5.87. The van der Waals surface area contributed by atoms with Gasteiger partial charge in [0.2, 0.25) is 0 Å². The van der Waals surface area contributed by atoms with Crippen molar-refractivity contribution in [1.82, 2.24) is 6.24 Å². The Balaban J connectivity index is 4.55. The Kier molecular flexibility index (Phi) is 5.87. The summed E-state index contributed by atoms with van der Waals surface area (Å²) in [4.78, 5) is 5.00. The molecule has 13 heavy (non-hydrogen) atoms. The van der Waals surface area contributed by atoms with Gasteiger partial charge in [0.15, 0.2) is 0 Å². The Morgan fingerprint density at radius 3 is 1.77 bits per heavy atom. The van der Waals surface area contributed by atoms with Gasteiger partial charge in [-0.2, -0.15) is 0 Å². The van der Waals surface area contributed by atoms with Crippen LogP contribution in [0.3, 0.4) is 0 Å². The first kappa shape index (κ1) is 13.7. The van der Waals surface area contributed by atoms with Gasteiger partial charge in [-0.1, -0.05) is 0 Å². The summed E-state index contributed by atoms with van der Waals surface area (Å²) in [5.41, 5.74) is 0. The van der Waals surface area contributed by atoms with E-state index in [0.717, 1.165) is 0 Å². The summed E-state index contributed by atoms with van der Waals surface area (Å²) in [6.07, 6.45) is 0. The first-order valence-corrected chi connectivity index (χ1v) is 13.6. The van der Waals surface area contributed by atoms with E-state index >= 15 is 0 Å². The van der Waals surface area contributed by atoms with Gasteiger partial charge in [0.1, 0.15) is 0 Å². The summed E-state index contributed by atoms with van der Waals surface area (Å²) in [5, 5.41) is 0. The van der Waals surface area contributed by atoms with E-state index in [2.05, 4.69) is 50.9 Å². The Bertz CT molecular complexity index is 146. The average molecular weight is 293 g/mol. The van der Waals surface area contributed by atoms with Crippen LogP contribution in [-0.4, -0.2) is 51.3 Å². The molecule has 0 aromatic heterocycles. The zero-order chi connectivity index (χ0) is 10.6. The van der Waals surface area contributed by atoms with Crippen LogP contribution in [0.25, 0.3) is 0 Å². The van der Waals surface area contributed by atoms with E-state index in [4.69, 9.17) is 0 Å². The van der Waals surface area contributed by atoms with E-state index in [0.29, 0.717) is 6.04 Å². The van der Waals surface area contributed by atoms with Gasteiger partial charge in [-0.25, -0.2) is 0 Å². The fourth-order valence-corrected chi connectivity index (χ4v) is 11.3. The number of hydrogen-bond acceptors (Lipinski definition) is 2. The predicted octanol–water partition coefficient (Wildman–Crippen LogP) is 2.37. The molecule has 0 spiro atoms. The molecule has 0 rings (SSSR count). The second kappa shape index (κ2) is 5.56. The zero-order valence-corrected chi connectivity index (χ0v) is 13.2. The van der Waals surface area contributed by atoms with Gasteiger partial charge in [-0.15, -0.1) is 0 Å². The van der Waals surface area contributed by atoms with E-state index in [1.165, 1.54) is 13.1 Å². The van der Waals surface area contributed by atoms with E-state index < -0.39 is 18.9 Å². The van der Waals surface area contributed by atoms with Crippen LogP contribution in [0.4, 0.5) is 0 Å². The van der Waals surface area contributed by atoms with Crippen molar-refractivity contribution in [3.05, 3.63) is 0 Å². The molecule has 0 unspecified atom stereocenters. The second-order valence-electron chi connectivity index (χ2n) is 4.39. The van der Waals surface area contributed by atoms with Gasteiger partial charge >= 0.3 is 88.9 Å². The summed E-state index contributed by atoms with van der Waals surface area (Å²) >= 11 is -2.10. The molecule has 80 valence electrons. The SMILES string of the molecule is CC[N](C)[Sn]([CH3])([CH3])[N](CC)C(C)C. The summed E-state index contributed by atoms with van der Waals surface area (Å²) in [7, 11) is 2.28. The molecule has 0 saturated carbocycles. The second-order valence-corrected chi connectivity index (χ2v) is 16.7. The van der Waals surface area contributed by atoms with Crippen molar-refractivity contribution in [1.29, 1.82) is 0 Å². The van der Waals surface area contributed by atoms with Gasteiger partial charge in [-0.05, 0) is 0 Å². The summed E-state index contributed by atoms with van der Waals surface area (Å²) in [6, 6.07) is 0.699. The Labute approximate surface area is 88.9 Å². The Hall–Kier alpha value is 0.719. The van der Waals surface area contributed by atoms with Crippen molar-refractivity contribution in [2.24, 2.45) is 0 Å². The molecule has 0 amide bonds. The van der Waals surface area contributed by atoms with E-state index in [-0.39, 0.29) is 0 Å². The van der Waals surface area contributed by atoms with Gasteiger partial charge < -0.3 is 0 Å². The fraction of sp³-hybridized carbons (Fsp3) is 1.00. The molecular weight excluding hydrogens is 267 g/mol. The minimum absolute atomic E-state index is 0.699. The molecule has 0 aromatic carbocycles. The number of nitrogens with zero attached hydrogens (tertiary/aromatic N) is 2. The molecule has 0 saturated heterocycles. The van der Waals surface area contributed by atoms with Gasteiger partial charge in [0.05, 0.1) is 0 Å². The Morgan fingerprint density at radius 1 is 1.08 bits per heavy atom. The molecule has 0 radical (unpaired) electrons. The average Bonchev–Trinajstić information content (AvgIpc) is 2.02. The molecule has 2 nitrogen and oxygen atoms in total. The van der Waals surface area contributed by atoms with Crippen LogP contribution in [0.2, 0.25) is 9.88 Å². The van der Waals surface area contributed by atoms with Crippen LogP contribution < -0.4 is 0 Å². The van der Waals surface area contributed by atoms with Gasteiger partial charge in [-0.3, -0.25) is 0 Å². The summed E-state index contributed by atoms with van der Waals surface area (Å²) in [5.74, 6) is 0. The van der Waals surface area contributed by atoms with Gasteiger partial charge in [0.25, 0.3) is 0 Å². The third kappa shape index (κ3) is 3.40. The van der Waals surface area contributed by atoms with E-state index in [1.54, 1.807) is 0 Å². The van der Waals surface area contributed by atoms with Crippen molar-refractivity contribution < 1.29 is 0 Å². The molecule has 0 aliphatic heterocycles. The quantitative estimate of drug-likeness (QED) is 0.718. The molecular formula is C10H26N2Sn. The monoisotopic (exact) mass is 294 g/mol. The topological polar surface area (TPSA) is 6.48 Å². The van der Waals surface area contributed by atoms with Crippen molar-refractivity contribution in [3.8, 4) is 0 Å². The molecule has 0 bridgehead atoms. The van der Waals surface area contributed by atoms with Crippen LogP contribution in [0.5, 0.6) is 0 Å². The molecule has 0 aliphatic rings. The van der Waals surface area contributed by atoms with E-state index in [9.17, 15) is 0 Å². The predicted molar refractivity (Wildman–Crippen MR) is 63.3 cm³/mol. The maximum absolute atomic E-state index is 2.72. The minimum atomic E-state index is -2.10. The van der Waals surface area contributed by atoms with Crippen LogP contribution in [0.1, 0.15) is 27.7 Å². The summed E-state index contributed by atoms with van der Waals surface area (Å²) < 4.78 is 5.32. The molecule has 0 heterocycles. The number of hydrogen-bond donors (Lipinski definition) is 0. The van der Waals surface area contributed by atoms with Crippen LogP contribution in [-0.2, 0) is 0 Å². The Morgan fingerprint density at radius 2 is 1.54 bits per heavy atom. The molecule has 0 aromatic rings. The van der Waals surface area contributed by atoms with Crippen LogP contribution in [0.15, 0.2) is 0 Å². The van der Waals surface area contributed by atoms with Crippen molar-refractivity contribution in [2.45, 2.75) is 43.6 Å². The molecule has 0 aliphatic carbocycles. The fourth-order valence-electron chi connectivity index (χ4n) is 1.99. The van der Waals surface area contributed by atoms with Crippen LogP contribution >= 0.6 is 0 Å². The third-order valence-electron chi connectivity index (χ3n) is 3.08. The molecule has 0 fully saturated rings. The first-order valence-electron chi connectivity index (χ1n) is 5.35.